The van der Waals surface area contributed by atoms with Crippen LogP contribution in [0.5, 0.6) is 0 Å². The van der Waals surface area contributed by atoms with Gasteiger partial charge in [0.2, 0.25) is 0 Å². The van der Waals surface area contributed by atoms with Gasteiger partial charge in [-0.3, -0.25) is 0 Å². The van der Waals surface area contributed by atoms with E-state index in [4.69, 9.17) is 0 Å². The number of allylic oxidation sites excluding steroid dienone is 2. The summed E-state index contributed by atoms with van der Waals surface area (Å²) in [6.45, 7) is 23.6. The van der Waals surface area contributed by atoms with E-state index in [0.29, 0.717) is 13.2 Å². The van der Waals surface area contributed by atoms with Gasteiger partial charge in [-0.2, -0.15) is 0 Å². The molecule has 0 aliphatic heterocycles. The molecule has 2 atom stereocenters. The fourth-order valence-electron chi connectivity index (χ4n) is 9.63. The number of rotatable bonds is 6. The predicted molar refractivity (Wildman–Crippen MR) is 243 cm³/mol. The molecule has 2 aliphatic carbocycles. The van der Waals surface area contributed by atoms with Crippen molar-refractivity contribution in [1.82, 2.24) is 0 Å². The summed E-state index contributed by atoms with van der Waals surface area (Å²) in [5.74, 6) is 0.480. The van der Waals surface area contributed by atoms with Crippen LogP contribution >= 0.6 is 24.8 Å². The van der Waals surface area contributed by atoms with Gasteiger partial charge in [-0.1, -0.05) is 0 Å². The quantitative estimate of drug-likeness (QED) is 0.149. The van der Waals surface area contributed by atoms with Crippen LogP contribution in [0.4, 0.5) is 0 Å². The number of fused-ring (bicyclic) bond motifs is 2. The van der Waals surface area contributed by atoms with Crippen LogP contribution in [0, 0.1) is 5.92 Å². The van der Waals surface area contributed by atoms with Crippen LogP contribution in [0.25, 0.3) is 45.5 Å². The van der Waals surface area contributed by atoms with Crippen molar-refractivity contribution in [2.24, 2.45) is 5.92 Å². The molecule has 0 N–H and O–H groups in total. The minimum atomic E-state index is -3.83. The van der Waals surface area contributed by atoms with E-state index in [0.717, 1.165) is 0 Å². The molecule has 2 unspecified atom stereocenters. The van der Waals surface area contributed by atoms with E-state index in [9.17, 15) is 0 Å². The molecule has 0 heterocycles. The van der Waals surface area contributed by atoms with Gasteiger partial charge in [0.15, 0.2) is 0 Å². The van der Waals surface area contributed by atoms with Crippen molar-refractivity contribution in [2.45, 2.75) is 89.7 Å². The zero-order valence-electron chi connectivity index (χ0n) is 34.3. The Labute approximate surface area is 341 Å². The minimum absolute atomic E-state index is 0. The maximum atomic E-state index is 2.78. The molecule has 0 fully saturated rings. The molecular formula is C50H60Cl2SiZr. The molecule has 7 rings (SSSR count). The Morgan fingerprint density at radius 1 is 0.537 bits per heavy atom. The molecule has 0 saturated heterocycles. The Hall–Kier alpha value is -2.74. The molecule has 0 bridgehead atoms. The summed E-state index contributed by atoms with van der Waals surface area (Å²) < 4.78 is 6.48. The Morgan fingerprint density at radius 2 is 1.06 bits per heavy atom. The zero-order valence-corrected chi connectivity index (χ0v) is 39.8. The zero-order chi connectivity index (χ0) is 37.4. The number of hydrogen-bond acceptors (Lipinski definition) is 0. The number of hydrogen-bond donors (Lipinski definition) is 0. The summed E-state index contributed by atoms with van der Waals surface area (Å²) in [7, 11) is 0. The van der Waals surface area contributed by atoms with E-state index in [1.165, 1.54) is 55.6 Å². The smallest absolute Gasteiger partial charge is 0.147 e. The third-order valence-electron chi connectivity index (χ3n) is 12.2. The van der Waals surface area contributed by atoms with Gasteiger partial charge in [-0.25, -0.2) is 0 Å². The van der Waals surface area contributed by atoms with Crippen molar-refractivity contribution >= 4 is 43.8 Å². The SMILES string of the molecule is CC1=Cc2c(-c3ccc(C(C)(C)C)cc3)cc(-c3ccc(C(C)(C)C)cc3)cc2[CH]1[Zr]([CH3])([CH3])(=[SiH2])[CH]1C(C(C)C)=Cc2c(-c3ccccc3)cccc21.Cl.Cl. The maximum absolute atomic E-state index is 3.83. The molecule has 0 spiro atoms. The summed E-state index contributed by atoms with van der Waals surface area (Å²) in [5.41, 5.74) is 20.1. The first-order chi connectivity index (χ1) is 24.3. The molecular weight excluding hydrogens is 791 g/mol. The molecule has 0 radical (unpaired) electrons. The van der Waals surface area contributed by atoms with Gasteiger partial charge in [-0.05, 0) is 0 Å². The molecule has 5 aromatic rings. The third-order valence-corrected chi connectivity index (χ3v) is 29.9. The first-order valence-corrected chi connectivity index (χ1v) is 33.1. The van der Waals surface area contributed by atoms with Crippen LogP contribution in [-0.4, -0.2) is 6.88 Å². The van der Waals surface area contributed by atoms with Gasteiger partial charge >= 0.3 is 319 Å². The van der Waals surface area contributed by atoms with Gasteiger partial charge in [-0.15, -0.1) is 24.8 Å². The molecule has 2 aliphatic rings. The van der Waals surface area contributed by atoms with Crippen molar-refractivity contribution < 1.29 is 17.4 Å². The van der Waals surface area contributed by atoms with Crippen LogP contribution in [-0.2, 0) is 28.2 Å². The van der Waals surface area contributed by atoms with E-state index in [2.05, 4.69) is 200 Å². The molecule has 282 valence electrons. The van der Waals surface area contributed by atoms with E-state index >= 15 is 0 Å². The molecule has 5 aromatic carbocycles. The predicted octanol–water partition coefficient (Wildman–Crippen LogP) is 14.7. The first kappa shape index (κ1) is 42.4. The molecule has 0 nitrogen and oxygen atoms in total. The fourth-order valence-corrected chi connectivity index (χ4v) is 30.2. The van der Waals surface area contributed by atoms with Crippen LogP contribution in [0.3, 0.4) is 0 Å². The van der Waals surface area contributed by atoms with E-state index in [1.807, 2.05) is 0 Å². The summed E-state index contributed by atoms with van der Waals surface area (Å²) >= 11 is -3.83. The summed E-state index contributed by atoms with van der Waals surface area (Å²) in [4.78, 5) is 0. The fraction of sp³-hybridized carbons (Fsp3) is 0.320. The topological polar surface area (TPSA) is 0 Å². The van der Waals surface area contributed by atoms with Crippen LogP contribution in [0.15, 0.2) is 120 Å². The van der Waals surface area contributed by atoms with Crippen molar-refractivity contribution in [3.05, 3.63) is 154 Å². The second-order valence-corrected chi connectivity index (χ2v) is 49.8. The number of benzene rings is 5. The minimum Gasteiger partial charge on any atom is -0.147 e. The summed E-state index contributed by atoms with van der Waals surface area (Å²) in [5, 5.41) is 0. The maximum Gasteiger partial charge on any atom is -0.147 e. The molecule has 54 heavy (non-hydrogen) atoms. The van der Waals surface area contributed by atoms with E-state index in [1.54, 1.807) is 22.3 Å². The Balaban J connectivity index is 0.00000280. The summed E-state index contributed by atoms with van der Waals surface area (Å²) in [6.07, 6.45) is 5.18. The molecule has 0 amide bonds. The van der Waals surface area contributed by atoms with E-state index in [-0.39, 0.29) is 35.6 Å². The largest absolute Gasteiger partial charge is 0.147 e. The first-order valence-electron chi connectivity index (χ1n) is 19.4. The average Bonchev–Trinajstić information content (AvgIpc) is 3.67. The monoisotopic (exact) mass is 848 g/mol. The van der Waals surface area contributed by atoms with Crippen molar-refractivity contribution in [2.75, 3.05) is 0 Å². The van der Waals surface area contributed by atoms with E-state index < -0.39 is 17.4 Å². The van der Waals surface area contributed by atoms with Crippen LogP contribution in [0.1, 0.15) is 103 Å². The second kappa shape index (κ2) is 15.0. The van der Waals surface area contributed by atoms with Crippen LogP contribution < -0.4 is 0 Å². The van der Waals surface area contributed by atoms with Crippen LogP contribution in [0.2, 0.25) is 9.26 Å². The van der Waals surface area contributed by atoms with Crippen molar-refractivity contribution in [3.8, 4) is 33.4 Å². The molecule has 0 aromatic heterocycles. The molecule has 4 heteroatoms. The van der Waals surface area contributed by atoms with Crippen molar-refractivity contribution in [3.63, 3.8) is 0 Å². The Kier molecular flexibility index (Phi) is 11.8. The second-order valence-electron chi connectivity index (χ2n) is 19.3. The average molecular weight is 851 g/mol. The van der Waals surface area contributed by atoms with Gasteiger partial charge in [0.1, 0.15) is 0 Å². The Bertz CT molecular complexity index is 2310. The van der Waals surface area contributed by atoms with Crippen molar-refractivity contribution in [1.29, 1.82) is 0 Å². The third kappa shape index (κ3) is 7.55. The Morgan fingerprint density at radius 3 is 1.59 bits per heavy atom. The number of halogens is 2. The van der Waals surface area contributed by atoms with Gasteiger partial charge in [0, 0.05) is 0 Å². The summed E-state index contributed by atoms with van der Waals surface area (Å²) in [6, 6.07) is 42.0. The van der Waals surface area contributed by atoms with Gasteiger partial charge < -0.3 is 0 Å². The van der Waals surface area contributed by atoms with Gasteiger partial charge in [0.05, 0.1) is 0 Å². The molecule has 0 saturated carbocycles. The normalized spacial score (nSPS) is 16.9. The van der Waals surface area contributed by atoms with Gasteiger partial charge in [0.25, 0.3) is 0 Å². The standard InChI is InChI=1S/C30H33.C18H17.2CH3.2ClH.H2Si.Zr/c1-20-16-24-18-23(21-8-12-25(13-9-21)29(2,3)4)19-28(27(24)17-20)22-10-14-26(15-11-22)30(5,6)7;1-13(2)16-11-15-9-6-10-17(18(15)12-16)14-7-4-3-5-8-14;;;;;;/h8-19H,1-7H3;3-13H,1-2H3;2*1H3;2*1H;1H2;.